The van der Waals surface area contributed by atoms with E-state index in [2.05, 4.69) is 51.1 Å². The topological polar surface area (TPSA) is 96.5 Å². The van der Waals surface area contributed by atoms with Crippen molar-refractivity contribution in [2.45, 2.75) is 19.5 Å². The zero-order chi connectivity index (χ0) is 26.9. The van der Waals surface area contributed by atoms with Crippen LogP contribution in [0.5, 0.6) is 0 Å². The summed E-state index contributed by atoms with van der Waals surface area (Å²) < 4.78 is 3.53. The molecule has 5 aromatic rings. The van der Waals surface area contributed by atoms with Crippen LogP contribution in [0.15, 0.2) is 96.4 Å². The van der Waals surface area contributed by atoms with Crippen molar-refractivity contribution in [3.63, 3.8) is 0 Å². The number of benzene rings is 3. The van der Waals surface area contributed by atoms with Gasteiger partial charge < -0.3 is 19.5 Å². The van der Waals surface area contributed by atoms with Crippen molar-refractivity contribution in [3.05, 3.63) is 113 Å². The van der Waals surface area contributed by atoms with Gasteiger partial charge in [0.15, 0.2) is 0 Å². The summed E-state index contributed by atoms with van der Waals surface area (Å²) in [5.74, 6) is -1.24. The van der Waals surface area contributed by atoms with Crippen LogP contribution in [0.3, 0.4) is 0 Å². The van der Waals surface area contributed by atoms with Crippen molar-refractivity contribution in [1.29, 1.82) is 0 Å². The van der Waals surface area contributed by atoms with Crippen LogP contribution in [-0.4, -0.2) is 56.1 Å². The van der Waals surface area contributed by atoms with E-state index in [4.69, 9.17) is 0 Å². The SMILES string of the molecule is CC1CN(c2ccc3c(=O)c(C(=O)O)cn(-c4ccc(Cn5cncn5)cc4)c3c2)CCN1c1ccccc1. The van der Waals surface area contributed by atoms with E-state index in [0.717, 1.165) is 36.6 Å². The summed E-state index contributed by atoms with van der Waals surface area (Å²) >= 11 is 0. The van der Waals surface area contributed by atoms with Crippen LogP contribution in [0.4, 0.5) is 11.4 Å². The van der Waals surface area contributed by atoms with Crippen molar-refractivity contribution in [3.8, 4) is 5.69 Å². The molecule has 0 saturated carbocycles. The summed E-state index contributed by atoms with van der Waals surface area (Å²) in [7, 11) is 0. The number of anilines is 2. The van der Waals surface area contributed by atoms with Crippen molar-refractivity contribution < 1.29 is 9.90 Å². The lowest BCUT2D eigenvalue weighted by Gasteiger charge is -2.42. The second-order valence-corrected chi connectivity index (χ2v) is 9.83. The monoisotopic (exact) mass is 520 g/mol. The molecule has 1 fully saturated rings. The van der Waals surface area contributed by atoms with Gasteiger partial charge in [0, 0.05) is 54.3 Å². The second kappa shape index (κ2) is 10.1. The Morgan fingerprint density at radius 3 is 2.44 bits per heavy atom. The lowest BCUT2D eigenvalue weighted by atomic mass is 10.1. The average Bonchev–Trinajstić information content (AvgIpc) is 3.47. The Bertz CT molecular complexity index is 1680. The number of carboxylic acids is 1. The number of rotatable bonds is 6. The van der Waals surface area contributed by atoms with Crippen LogP contribution >= 0.6 is 0 Å². The highest BCUT2D eigenvalue weighted by atomic mass is 16.4. The molecule has 1 aliphatic rings. The van der Waals surface area contributed by atoms with Crippen molar-refractivity contribution in [1.82, 2.24) is 19.3 Å². The molecule has 6 rings (SSSR count). The summed E-state index contributed by atoms with van der Waals surface area (Å²) in [6.45, 7) is 5.33. The van der Waals surface area contributed by atoms with Gasteiger partial charge in [-0.05, 0) is 55.0 Å². The maximum Gasteiger partial charge on any atom is 0.341 e. The van der Waals surface area contributed by atoms with Crippen molar-refractivity contribution in [2.75, 3.05) is 29.4 Å². The summed E-state index contributed by atoms with van der Waals surface area (Å²) in [5, 5.41) is 14.3. The molecule has 0 bridgehead atoms. The van der Waals surface area contributed by atoms with Gasteiger partial charge >= 0.3 is 5.97 Å². The van der Waals surface area contributed by atoms with Crippen molar-refractivity contribution >= 4 is 28.2 Å². The van der Waals surface area contributed by atoms with E-state index < -0.39 is 11.4 Å². The fourth-order valence-electron chi connectivity index (χ4n) is 5.33. The first kappa shape index (κ1) is 24.4. The summed E-state index contributed by atoms with van der Waals surface area (Å²) in [6.07, 6.45) is 4.58. The van der Waals surface area contributed by atoms with Crippen LogP contribution in [0, 0.1) is 0 Å². The molecule has 1 saturated heterocycles. The average molecular weight is 521 g/mol. The molecule has 2 aromatic heterocycles. The normalized spacial score (nSPS) is 15.6. The van der Waals surface area contributed by atoms with Crippen LogP contribution in [0.1, 0.15) is 22.8 Å². The molecular weight excluding hydrogens is 492 g/mol. The molecule has 196 valence electrons. The van der Waals surface area contributed by atoms with Crippen molar-refractivity contribution in [2.24, 2.45) is 0 Å². The molecule has 0 spiro atoms. The molecule has 3 aromatic carbocycles. The van der Waals surface area contributed by atoms with Gasteiger partial charge in [-0.25, -0.2) is 14.5 Å². The minimum atomic E-state index is -1.24. The van der Waals surface area contributed by atoms with Gasteiger partial charge in [0.2, 0.25) is 5.43 Å². The summed E-state index contributed by atoms with van der Waals surface area (Å²) in [6, 6.07) is 24.2. The number of aromatic nitrogens is 4. The smallest absolute Gasteiger partial charge is 0.341 e. The molecular formula is C30H28N6O3. The van der Waals surface area contributed by atoms with Gasteiger partial charge in [0.05, 0.1) is 12.1 Å². The Labute approximate surface area is 225 Å². The fourth-order valence-corrected chi connectivity index (χ4v) is 5.33. The third-order valence-corrected chi connectivity index (χ3v) is 7.32. The van der Waals surface area contributed by atoms with Crippen LogP contribution in [-0.2, 0) is 6.54 Å². The fraction of sp³-hybridized carbons (Fsp3) is 0.200. The highest BCUT2D eigenvalue weighted by molar-refractivity contribution is 5.94. The van der Waals surface area contributed by atoms with Crippen LogP contribution < -0.4 is 15.2 Å². The number of piperazine rings is 1. The lowest BCUT2D eigenvalue weighted by molar-refractivity contribution is 0.0695. The Morgan fingerprint density at radius 1 is 0.974 bits per heavy atom. The van der Waals surface area contributed by atoms with Gasteiger partial charge in [-0.15, -0.1) is 0 Å². The van der Waals surface area contributed by atoms with E-state index in [0.29, 0.717) is 23.5 Å². The van der Waals surface area contributed by atoms with Gasteiger partial charge in [-0.2, -0.15) is 5.10 Å². The van der Waals surface area contributed by atoms with Crippen LogP contribution in [0.2, 0.25) is 0 Å². The van der Waals surface area contributed by atoms with E-state index >= 15 is 0 Å². The zero-order valence-corrected chi connectivity index (χ0v) is 21.5. The molecule has 39 heavy (non-hydrogen) atoms. The van der Waals surface area contributed by atoms with Gasteiger partial charge in [-0.3, -0.25) is 4.79 Å². The lowest BCUT2D eigenvalue weighted by Crippen LogP contribution is -2.52. The summed E-state index contributed by atoms with van der Waals surface area (Å²) in [5.41, 5.74) is 3.94. The number of carboxylic acid groups (broad SMARTS) is 1. The van der Waals surface area contributed by atoms with Gasteiger partial charge in [-0.1, -0.05) is 30.3 Å². The highest BCUT2D eigenvalue weighted by Crippen LogP contribution is 2.28. The molecule has 1 atom stereocenters. The second-order valence-electron chi connectivity index (χ2n) is 9.83. The Balaban J connectivity index is 1.36. The number of fused-ring (bicyclic) bond motifs is 1. The van der Waals surface area contributed by atoms with E-state index in [1.54, 1.807) is 21.6 Å². The van der Waals surface area contributed by atoms with E-state index in [1.165, 1.54) is 18.2 Å². The number of aromatic carboxylic acids is 1. The number of hydrogen-bond donors (Lipinski definition) is 1. The largest absolute Gasteiger partial charge is 0.477 e. The number of nitrogens with zero attached hydrogens (tertiary/aromatic N) is 6. The minimum Gasteiger partial charge on any atom is -0.477 e. The standard InChI is InChI=1S/C30H28N6O3/c1-21-16-33(13-14-35(21)23-5-3-2-4-6-23)25-11-12-26-28(15-25)36(18-27(29(26)37)30(38)39)24-9-7-22(8-10-24)17-34-20-31-19-32-34/h2-12,15,18-21H,13-14,16-17H2,1H3,(H,38,39). The number of carbonyl (C=O) groups is 1. The quantitative estimate of drug-likeness (QED) is 0.361. The van der Waals surface area contributed by atoms with Crippen LogP contribution in [0.25, 0.3) is 16.6 Å². The van der Waals surface area contributed by atoms with E-state index in [1.807, 2.05) is 42.5 Å². The number of pyridine rings is 1. The zero-order valence-electron chi connectivity index (χ0n) is 21.5. The molecule has 9 heteroatoms. The molecule has 1 N–H and O–H groups in total. The Hall–Kier alpha value is -4.92. The van der Waals surface area contributed by atoms with Gasteiger partial charge in [0.25, 0.3) is 0 Å². The first-order valence-electron chi connectivity index (χ1n) is 12.9. The number of hydrogen-bond acceptors (Lipinski definition) is 6. The molecule has 3 heterocycles. The number of para-hydroxylation sites is 1. The minimum absolute atomic E-state index is 0.257. The Morgan fingerprint density at radius 2 is 1.74 bits per heavy atom. The molecule has 0 radical (unpaired) electrons. The maximum atomic E-state index is 13.1. The van der Waals surface area contributed by atoms with E-state index in [-0.39, 0.29) is 5.56 Å². The molecule has 1 unspecified atom stereocenters. The predicted octanol–water partition coefficient (Wildman–Crippen LogP) is 4.04. The third kappa shape index (κ3) is 4.74. The maximum absolute atomic E-state index is 13.1. The Kier molecular flexibility index (Phi) is 6.32. The molecule has 1 aliphatic heterocycles. The summed E-state index contributed by atoms with van der Waals surface area (Å²) in [4.78, 5) is 33.7. The predicted molar refractivity (Wildman–Crippen MR) is 151 cm³/mol. The molecule has 9 nitrogen and oxygen atoms in total. The van der Waals surface area contributed by atoms with Gasteiger partial charge in [0.1, 0.15) is 18.2 Å². The highest BCUT2D eigenvalue weighted by Gasteiger charge is 2.25. The molecule has 0 amide bonds. The first-order valence-corrected chi connectivity index (χ1v) is 12.9. The molecule has 0 aliphatic carbocycles. The first-order chi connectivity index (χ1) is 19.0. The third-order valence-electron chi connectivity index (χ3n) is 7.32. The van der Waals surface area contributed by atoms with E-state index in [9.17, 15) is 14.7 Å².